The number of nitrogens with one attached hydrogen (secondary N) is 1. The van der Waals surface area contributed by atoms with E-state index >= 15 is 0 Å². The van der Waals surface area contributed by atoms with Crippen molar-refractivity contribution in [3.63, 3.8) is 0 Å². The third-order valence-electron chi connectivity index (χ3n) is 6.08. The molecule has 34 heavy (non-hydrogen) atoms. The van der Waals surface area contributed by atoms with Gasteiger partial charge in [0.25, 0.3) is 11.5 Å². The number of aromatic amines is 1. The highest BCUT2D eigenvalue weighted by Gasteiger charge is 2.30. The van der Waals surface area contributed by atoms with E-state index in [4.69, 9.17) is 5.26 Å². The summed E-state index contributed by atoms with van der Waals surface area (Å²) in [5.74, 6) is -1.52. The van der Waals surface area contributed by atoms with E-state index in [1.54, 1.807) is 49.1 Å². The third-order valence-corrected chi connectivity index (χ3v) is 6.08. The standard InChI is InChI=1S/C25H22FN5O3/c1-15-16(2)24(33)29-28-22(15)12-18-5-8-21(26)20(11-18)25(34)30-9-10-31(23(32)14-30)19-6-3-17(13-27)4-7-19/h3-8,11H,9-10,12,14H2,1-2H3,(H,29,33). The number of nitriles is 1. The molecule has 0 bridgehead atoms. The zero-order valence-electron chi connectivity index (χ0n) is 18.8. The summed E-state index contributed by atoms with van der Waals surface area (Å²) in [7, 11) is 0. The van der Waals surface area contributed by atoms with Crippen molar-refractivity contribution in [1.29, 1.82) is 5.26 Å². The number of carbonyl (C=O) groups is 2. The number of hydrogen-bond donors (Lipinski definition) is 1. The summed E-state index contributed by atoms with van der Waals surface area (Å²) in [6.45, 7) is 3.82. The highest BCUT2D eigenvalue weighted by atomic mass is 19.1. The molecule has 4 rings (SSSR count). The fraction of sp³-hybridized carbons (Fsp3) is 0.240. The molecule has 1 saturated heterocycles. The summed E-state index contributed by atoms with van der Waals surface area (Å²) in [5, 5.41) is 15.5. The molecule has 3 aromatic rings. The first-order valence-corrected chi connectivity index (χ1v) is 10.7. The van der Waals surface area contributed by atoms with Crippen LogP contribution in [-0.2, 0) is 11.2 Å². The fourth-order valence-electron chi connectivity index (χ4n) is 3.89. The van der Waals surface area contributed by atoms with Crippen LogP contribution in [0.1, 0.15) is 38.3 Å². The van der Waals surface area contributed by atoms with Crippen molar-refractivity contribution in [3.05, 3.63) is 92.1 Å². The van der Waals surface area contributed by atoms with Crippen LogP contribution >= 0.6 is 0 Å². The molecule has 2 aromatic carbocycles. The number of benzene rings is 2. The number of piperazine rings is 1. The molecular weight excluding hydrogens is 437 g/mol. The molecule has 8 nitrogen and oxygen atoms in total. The molecule has 1 N–H and O–H groups in total. The van der Waals surface area contributed by atoms with E-state index in [1.807, 2.05) is 6.07 Å². The van der Waals surface area contributed by atoms with Crippen molar-refractivity contribution in [2.45, 2.75) is 20.3 Å². The van der Waals surface area contributed by atoms with E-state index in [9.17, 15) is 18.8 Å². The number of amides is 2. The quantitative estimate of drug-likeness (QED) is 0.645. The monoisotopic (exact) mass is 459 g/mol. The molecule has 2 heterocycles. The molecule has 0 atom stereocenters. The van der Waals surface area contributed by atoms with Crippen LogP contribution in [0.2, 0.25) is 0 Å². The molecule has 1 aliphatic rings. The Morgan fingerprint density at radius 3 is 2.53 bits per heavy atom. The molecule has 172 valence electrons. The number of aromatic nitrogens is 2. The molecule has 9 heteroatoms. The molecule has 0 spiro atoms. The van der Waals surface area contributed by atoms with Gasteiger partial charge in [0.15, 0.2) is 0 Å². The normalized spacial score (nSPS) is 13.6. The van der Waals surface area contributed by atoms with Crippen molar-refractivity contribution < 1.29 is 14.0 Å². The number of hydrogen-bond acceptors (Lipinski definition) is 5. The minimum Gasteiger partial charge on any atom is -0.327 e. The number of halogens is 1. The molecule has 1 aliphatic heterocycles. The molecule has 0 unspecified atom stereocenters. The van der Waals surface area contributed by atoms with Crippen LogP contribution in [0.5, 0.6) is 0 Å². The van der Waals surface area contributed by atoms with Gasteiger partial charge in [-0.15, -0.1) is 0 Å². The highest BCUT2D eigenvalue weighted by molar-refractivity contribution is 6.01. The van der Waals surface area contributed by atoms with Gasteiger partial charge in [0.2, 0.25) is 5.91 Å². The van der Waals surface area contributed by atoms with E-state index < -0.39 is 11.7 Å². The predicted octanol–water partition coefficient (Wildman–Crippen LogP) is 2.48. The number of anilines is 1. The fourth-order valence-corrected chi connectivity index (χ4v) is 3.89. The lowest BCUT2D eigenvalue weighted by Gasteiger charge is -2.34. The molecular formula is C25H22FN5O3. The number of H-pyrrole nitrogens is 1. The van der Waals surface area contributed by atoms with Crippen molar-refractivity contribution in [3.8, 4) is 6.07 Å². The number of rotatable bonds is 4. The Labute approximate surface area is 195 Å². The summed E-state index contributed by atoms with van der Waals surface area (Å²) in [6, 6.07) is 12.9. The minimum atomic E-state index is -0.668. The van der Waals surface area contributed by atoms with Gasteiger partial charge in [-0.3, -0.25) is 14.4 Å². The SMILES string of the molecule is Cc1c(Cc2ccc(F)c(C(=O)N3CCN(c4ccc(C#N)cc4)C(=O)C3)c2)n[nH]c(=O)c1C. The van der Waals surface area contributed by atoms with Gasteiger partial charge < -0.3 is 9.80 Å². The summed E-state index contributed by atoms with van der Waals surface area (Å²) in [5.41, 5.74) is 3.35. The Hall–Kier alpha value is -4.32. The van der Waals surface area contributed by atoms with Crippen molar-refractivity contribution in [2.75, 3.05) is 24.5 Å². The average molecular weight is 459 g/mol. The molecule has 0 radical (unpaired) electrons. The van der Waals surface area contributed by atoms with Gasteiger partial charge in [-0.1, -0.05) is 6.07 Å². The van der Waals surface area contributed by atoms with Gasteiger partial charge in [-0.25, -0.2) is 9.49 Å². The van der Waals surface area contributed by atoms with Crippen LogP contribution < -0.4 is 10.5 Å². The second-order valence-corrected chi connectivity index (χ2v) is 8.17. The number of nitrogens with zero attached hydrogens (tertiary/aromatic N) is 4. The van der Waals surface area contributed by atoms with Crippen molar-refractivity contribution >= 4 is 17.5 Å². The number of carbonyl (C=O) groups excluding carboxylic acids is 2. The highest BCUT2D eigenvalue weighted by Crippen LogP contribution is 2.21. The molecule has 1 fully saturated rings. The first kappa shape index (κ1) is 22.9. The Morgan fingerprint density at radius 2 is 1.85 bits per heavy atom. The van der Waals surface area contributed by atoms with Crippen molar-refractivity contribution in [1.82, 2.24) is 15.1 Å². The maximum atomic E-state index is 14.6. The van der Waals surface area contributed by atoms with E-state index in [-0.39, 0.29) is 36.7 Å². The first-order valence-electron chi connectivity index (χ1n) is 10.7. The lowest BCUT2D eigenvalue weighted by Crippen LogP contribution is -2.52. The summed E-state index contributed by atoms with van der Waals surface area (Å²) < 4.78 is 14.6. The lowest BCUT2D eigenvalue weighted by molar-refractivity contribution is -0.120. The first-order chi connectivity index (χ1) is 16.3. The summed E-state index contributed by atoms with van der Waals surface area (Å²) in [6.07, 6.45) is 0.315. The second kappa shape index (κ2) is 9.27. The topological polar surface area (TPSA) is 110 Å². The van der Waals surface area contributed by atoms with E-state index in [1.165, 1.54) is 17.0 Å². The third kappa shape index (κ3) is 4.43. The van der Waals surface area contributed by atoms with Gasteiger partial charge >= 0.3 is 0 Å². The largest absolute Gasteiger partial charge is 0.327 e. The van der Waals surface area contributed by atoms with Crippen LogP contribution in [0.4, 0.5) is 10.1 Å². The van der Waals surface area contributed by atoms with Crippen LogP contribution in [0.3, 0.4) is 0 Å². The van der Waals surface area contributed by atoms with Gasteiger partial charge in [-0.2, -0.15) is 10.4 Å². The van der Waals surface area contributed by atoms with Gasteiger partial charge in [0.1, 0.15) is 12.4 Å². The Balaban J connectivity index is 1.51. The van der Waals surface area contributed by atoms with Crippen LogP contribution in [-0.4, -0.2) is 46.5 Å². The Kier molecular flexibility index (Phi) is 6.23. The zero-order valence-corrected chi connectivity index (χ0v) is 18.8. The maximum Gasteiger partial charge on any atom is 0.267 e. The van der Waals surface area contributed by atoms with Crippen LogP contribution in [0.25, 0.3) is 0 Å². The average Bonchev–Trinajstić information content (AvgIpc) is 2.85. The van der Waals surface area contributed by atoms with E-state index in [0.717, 1.165) is 5.56 Å². The second-order valence-electron chi connectivity index (χ2n) is 8.17. The van der Waals surface area contributed by atoms with Crippen molar-refractivity contribution in [2.24, 2.45) is 0 Å². The lowest BCUT2D eigenvalue weighted by atomic mass is 10.0. The van der Waals surface area contributed by atoms with Gasteiger partial charge in [-0.05, 0) is 61.4 Å². The van der Waals surface area contributed by atoms with Gasteiger partial charge in [0, 0.05) is 30.8 Å². The molecule has 1 aromatic heterocycles. The van der Waals surface area contributed by atoms with Crippen LogP contribution in [0.15, 0.2) is 47.3 Å². The Bertz CT molecular complexity index is 1370. The zero-order chi connectivity index (χ0) is 24.4. The summed E-state index contributed by atoms with van der Waals surface area (Å²) in [4.78, 5) is 40.4. The maximum absolute atomic E-state index is 14.6. The van der Waals surface area contributed by atoms with Crippen LogP contribution in [0, 0.1) is 31.0 Å². The van der Waals surface area contributed by atoms with E-state index in [2.05, 4.69) is 10.2 Å². The molecule has 0 aliphatic carbocycles. The Morgan fingerprint density at radius 1 is 1.12 bits per heavy atom. The minimum absolute atomic E-state index is 0.115. The molecule has 2 amide bonds. The van der Waals surface area contributed by atoms with Gasteiger partial charge in [0.05, 0.1) is 22.9 Å². The molecule has 0 saturated carbocycles. The smallest absolute Gasteiger partial charge is 0.267 e. The summed E-state index contributed by atoms with van der Waals surface area (Å²) >= 11 is 0. The predicted molar refractivity (Wildman–Crippen MR) is 123 cm³/mol. The van der Waals surface area contributed by atoms with E-state index in [0.29, 0.717) is 34.5 Å².